The van der Waals surface area contributed by atoms with E-state index < -0.39 is 0 Å². The fourth-order valence-electron chi connectivity index (χ4n) is 2.54. The molecule has 0 amide bonds. The molecule has 1 nitrogen and oxygen atoms in total. The van der Waals surface area contributed by atoms with Gasteiger partial charge in [0.15, 0.2) is 0 Å². The van der Waals surface area contributed by atoms with Gasteiger partial charge in [-0.05, 0) is 25.9 Å². The van der Waals surface area contributed by atoms with Gasteiger partial charge in [0.1, 0.15) is 0 Å². The third-order valence-corrected chi connectivity index (χ3v) is 3.91. The van der Waals surface area contributed by atoms with E-state index >= 15 is 0 Å². The molecule has 1 N–H and O–H groups in total. The molecular weight excluding hydrogens is 230 g/mol. The van der Waals surface area contributed by atoms with Crippen molar-refractivity contribution in [2.45, 2.75) is 104 Å². The highest BCUT2D eigenvalue weighted by atomic mass is 14.8. The SMILES string of the molecule is CCCCCCCCCCCCCNCCCCC. The Morgan fingerprint density at radius 2 is 0.737 bits per heavy atom. The summed E-state index contributed by atoms with van der Waals surface area (Å²) in [5, 5.41) is 3.55. The lowest BCUT2D eigenvalue weighted by atomic mass is 10.1. The zero-order valence-corrected chi connectivity index (χ0v) is 13.8. The Balaban J connectivity index is 2.88. The Labute approximate surface area is 122 Å². The second-order valence-electron chi connectivity index (χ2n) is 5.99. The van der Waals surface area contributed by atoms with Crippen LogP contribution in [0.1, 0.15) is 104 Å². The second-order valence-corrected chi connectivity index (χ2v) is 5.99. The minimum Gasteiger partial charge on any atom is -0.317 e. The van der Waals surface area contributed by atoms with Crippen molar-refractivity contribution in [2.75, 3.05) is 13.1 Å². The van der Waals surface area contributed by atoms with Crippen molar-refractivity contribution in [1.82, 2.24) is 5.32 Å². The first-order valence-electron chi connectivity index (χ1n) is 9.12. The third kappa shape index (κ3) is 18.0. The highest BCUT2D eigenvalue weighted by Gasteiger charge is 1.93. The Morgan fingerprint density at radius 3 is 1.21 bits per heavy atom. The van der Waals surface area contributed by atoms with E-state index in [1.54, 1.807) is 0 Å². The number of unbranched alkanes of at least 4 members (excludes halogenated alkanes) is 12. The van der Waals surface area contributed by atoms with Gasteiger partial charge in [0.2, 0.25) is 0 Å². The van der Waals surface area contributed by atoms with Crippen molar-refractivity contribution in [3.63, 3.8) is 0 Å². The maximum Gasteiger partial charge on any atom is -0.00489 e. The van der Waals surface area contributed by atoms with Crippen molar-refractivity contribution in [3.8, 4) is 0 Å². The quantitative estimate of drug-likeness (QED) is 0.335. The number of rotatable bonds is 16. The summed E-state index contributed by atoms with van der Waals surface area (Å²) in [6, 6.07) is 0. The molecule has 1 heteroatoms. The van der Waals surface area contributed by atoms with Crippen LogP contribution in [-0.2, 0) is 0 Å². The van der Waals surface area contributed by atoms with Crippen molar-refractivity contribution in [3.05, 3.63) is 0 Å². The molecule has 116 valence electrons. The first-order chi connectivity index (χ1) is 9.41. The molecule has 0 aliphatic heterocycles. The van der Waals surface area contributed by atoms with Crippen LogP contribution in [0.25, 0.3) is 0 Å². The normalized spacial score (nSPS) is 11.1. The van der Waals surface area contributed by atoms with Gasteiger partial charge in [-0.15, -0.1) is 0 Å². The van der Waals surface area contributed by atoms with Gasteiger partial charge in [0, 0.05) is 0 Å². The number of nitrogens with one attached hydrogen (secondary N) is 1. The summed E-state index contributed by atoms with van der Waals surface area (Å²) in [6.45, 7) is 7.02. The van der Waals surface area contributed by atoms with Crippen LogP contribution in [0.4, 0.5) is 0 Å². The van der Waals surface area contributed by atoms with E-state index in [1.807, 2.05) is 0 Å². The van der Waals surface area contributed by atoms with Gasteiger partial charge in [-0.3, -0.25) is 0 Å². The highest BCUT2D eigenvalue weighted by molar-refractivity contribution is 4.51. The highest BCUT2D eigenvalue weighted by Crippen LogP contribution is 2.10. The zero-order valence-electron chi connectivity index (χ0n) is 13.8. The van der Waals surface area contributed by atoms with Gasteiger partial charge < -0.3 is 5.32 Å². The van der Waals surface area contributed by atoms with Gasteiger partial charge in [-0.1, -0.05) is 90.9 Å². The van der Waals surface area contributed by atoms with Crippen LogP contribution in [0.2, 0.25) is 0 Å². The van der Waals surface area contributed by atoms with Crippen molar-refractivity contribution >= 4 is 0 Å². The molecule has 0 atom stereocenters. The lowest BCUT2D eigenvalue weighted by Crippen LogP contribution is -2.16. The van der Waals surface area contributed by atoms with E-state index in [0.29, 0.717) is 0 Å². The fraction of sp³-hybridized carbons (Fsp3) is 1.00. The summed E-state index contributed by atoms with van der Waals surface area (Å²) in [5.74, 6) is 0. The zero-order chi connectivity index (χ0) is 14.0. The van der Waals surface area contributed by atoms with Crippen molar-refractivity contribution in [2.24, 2.45) is 0 Å². The molecule has 19 heavy (non-hydrogen) atoms. The van der Waals surface area contributed by atoms with Gasteiger partial charge >= 0.3 is 0 Å². The van der Waals surface area contributed by atoms with E-state index in [9.17, 15) is 0 Å². The molecule has 0 heterocycles. The number of hydrogen-bond donors (Lipinski definition) is 1. The molecule has 0 aliphatic rings. The lowest BCUT2D eigenvalue weighted by Gasteiger charge is -2.04. The predicted molar refractivity (Wildman–Crippen MR) is 88.9 cm³/mol. The fourth-order valence-corrected chi connectivity index (χ4v) is 2.54. The maximum absolute atomic E-state index is 3.55. The minimum absolute atomic E-state index is 1.23. The molecule has 0 saturated carbocycles. The molecule has 0 aromatic rings. The Morgan fingerprint density at radius 1 is 0.421 bits per heavy atom. The van der Waals surface area contributed by atoms with Crippen LogP contribution in [-0.4, -0.2) is 13.1 Å². The third-order valence-electron chi connectivity index (χ3n) is 3.91. The van der Waals surface area contributed by atoms with Crippen LogP contribution in [0.3, 0.4) is 0 Å². The molecule has 0 saturated heterocycles. The molecule has 0 rings (SSSR count). The molecule has 0 aromatic heterocycles. The van der Waals surface area contributed by atoms with Crippen molar-refractivity contribution < 1.29 is 0 Å². The Hall–Kier alpha value is -0.0400. The van der Waals surface area contributed by atoms with Gasteiger partial charge in [-0.25, -0.2) is 0 Å². The molecular formula is C18H39N. The van der Waals surface area contributed by atoms with E-state index in [0.717, 1.165) is 0 Å². The Bertz CT molecular complexity index is 129. The average Bonchev–Trinajstić information content (AvgIpc) is 2.43. The summed E-state index contributed by atoms with van der Waals surface area (Å²) in [4.78, 5) is 0. The maximum atomic E-state index is 3.55. The molecule has 0 aromatic carbocycles. The molecule has 0 radical (unpaired) electrons. The monoisotopic (exact) mass is 269 g/mol. The topological polar surface area (TPSA) is 12.0 Å². The molecule has 0 fully saturated rings. The van der Waals surface area contributed by atoms with E-state index in [2.05, 4.69) is 19.2 Å². The first kappa shape index (κ1) is 19.0. The van der Waals surface area contributed by atoms with E-state index in [1.165, 1.54) is 103 Å². The second kappa shape index (κ2) is 18.0. The largest absolute Gasteiger partial charge is 0.317 e. The van der Waals surface area contributed by atoms with Crippen LogP contribution in [0.5, 0.6) is 0 Å². The van der Waals surface area contributed by atoms with E-state index in [4.69, 9.17) is 0 Å². The summed E-state index contributed by atoms with van der Waals surface area (Å²) in [6.07, 6.45) is 19.9. The predicted octanol–water partition coefficient (Wildman–Crippen LogP) is 6.08. The van der Waals surface area contributed by atoms with Gasteiger partial charge in [0.25, 0.3) is 0 Å². The van der Waals surface area contributed by atoms with Crippen molar-refractivity contribution in [1.29, 1.82) is 0 Å². The summed E-state index contributed by atoms with van der Waals surface area (Å²) in [7, 11) is 0. The molecule has 0 spiro atoms. The lowest BCUT2D eigenvalue weighted by molar-refractivity contribution is 0.534. The van der Waals surface area contributed by atoms with E-state index in [-0.39, 0.29) is 0 Å². The summed E-state index contributed by atoms with van der Waals surface area (Å²) < 4.78 is 0. The standard InChI is InChI=1S/C18H39N/c1-3-5-7-8-9-10-11-12-13-14-16-18-19-17-15-6-4-2/h19H,3-18H2,1-2H3. The molecule has 0 unspecified atom stereocenters. The van der Waals surface area contributed by atoms with Crippen LogP contribution in [0, 0.1) is 0 Å². The van der Waals surface area contributed by atoms with Crippen LogP contribution < -0.4 is 5.32 Å². The molecule has 0 aliphatic carbocycles. The Kier molecular flexibility index (Phi) is 17.9. The van der Waals surface area contributed by atoms with Gasteiger partial charge in [0.05, 0.1) is 0 Å². The summed E-state index contributed by atoms with van der Waals surface area (Å²) >= 11 is 0. The molecule has 0 bridgehead atoms. The first-order valence-corrected chi connectivity index (χ1v) is 9.12. The van der Waals surface area contributed by atoms with Crippen LogP contribution in [0.15, 0.2) is 0 Å². The number of hydrogen-bond acceptors (Lipinski definition) is 1. The average molecular weight is 270 g/mol. The smallest absolute Gasteiger partial charge is 0.00489 e. The minimum atomic E-state index is 1.23. The van der Waals surface area contributed by atoms with Gasteiger partial charge in [-0.2, -0.15) is 0 Å². The van der Waals surface area contributed by atoms with Crippen LogP contribution >= 0.6 is 0 Å². The summed E-state index contributed by atoms with van der Waals surface area (Å²) in [5.41, 5.74) is 0.